The molecule has 2 aromatic carbocycles. The first-order valence-electron chi connectivity index (χ1n) is 9.80. The molecular formula is C24H20N6O. The molecule has 31 heavy (non-hydrogen) atoms. The lowest BCUT2D eigenvalue weighted by Gasteiger charge is -2.11. The topological polar surface area (TPSA) is 118 Å². The Bertz CT molecular complexity index is 1290. The van der Waals surface area contributed by atoms with Crippen molar-refractivity contribution >= 4 is 22.6 Å². The number of primary amides is 1. The lowest BCUT2D eigenvalue weighted by molar-refractivity contribution is 0.100. The number of carbonyl (C=O) groups excluding carboxylic acids is 1. The maximum Gasteiger partial charge on any atom is 0.250 e. The van der Waals surface area contributed by atoms with Crippen LogP contribution in [-0.2, 0) is 19.4 Å². The Labute approximate surface area is 179 Å². The van der Waals surface area contributed by atoms with E-state index in [1.165, 1.54) is 6.33 Å². The highest BCUT2D eigenvalue weighted by Crippen LogP contribution is 2.23. The zero-order valence-electron chi connectivity index (χ0n) is 16.7. The molecule has 0 aliphatic rings. The number of amides is 1. The summed E-state index contributed by atoms with van der Waals surface area (Å²) in [6.07, 6.45) is 4.23. The SMILES string of the molecule is N#CCc1ccnc(Cc2cccc(CNc3ncnc4c(C(N)=O)cccc34)c2)c1. The van der Waals surface area contributed by atoms with Crippen molar-refractivity contribution in [2.24, 2.45) is 5.73 Å². The Balaban J connectivity index is 1.52. The van der Waals surface area contributed by atoms with Crippen molar-refractivity contribution in [3.05, 3.63) is 95.1 Å². The van der Waals surface area contributed by atoms with Crippen LogP contribution in [0.5, 0.6) is 0 Å². The van der Waals surface area contributed by atoms with Crippen LogP contribution in [0.2, 0.25) is 0 Å². The summed E-state index contributed by atoms with van der Waals surface area (Å²) < 4.78 is 0. The van der Waals surface area contributed by atoms with Crippen LogP contribution in [0, 0.1) is 11.3 Å². The van der Waals surface area contributed by atoms with E-state index in [2.05, 4.69) is 38.5 Å². The first-order chi connectivity index (χ1) is 15.1. The number of pyridine rings is 1. The predicted octanol–water partition coefficient (Wildman–Crippen LogP) is 3.39. The molecule has 0 saturated carbocycles. The van der Waals surface area contributed by atoms with Crippen molar-refractivity contribution in [2.75, 3.05) is 5.32 Å². The van der Waals surface area contributed by atoms with Crippen LogP contribution in [0.3, 0.4) is 0 Å². The summed E-state index contributed by atoms with van der Waals surface area (Å²) >= 11 is 0. The molecule has 0 spiro atoms. The molecule has 0 unspecified atom stereocenters. The molecule has 4 rings (SSSR count). The lowest BCUT2D eigenvalue weighted by Crippen LogP contribution is -2.12. The fourth-order valence-corrected chi connectivity index (χ4v) is 3.50. The van der Waals surface area contributed by atoms with E-state index in [-0.39, 0.29) is 0 Å². The first kappa shape index (κ1) is 20.0. The highest BCUT2D eigenvalue weighted by Gasteiger charge is 2.11. The normalized spacial score (nSPS) is 10.5. The monoisotopic (exact) mass is 408 g/mol. The van der Waals surface area contributed by atoms with Gasteiger partial charge in [0.1, 0.15) is 12.1 Å². The molecule has 0 aliphatic heterocycles. The summed E-state index contributed by atoms with van der Waals surface area (Å²) in [5.74, 6) is 0.125. The number of nitriles is 1. The first-order valence-corrected chi connectivity index (χ1v) is 9.80. The van der Waals surface area contributed by atoms with Gasteiger partial charge in [-0.1, -0.05) is 30.3 Å². The lowest BCUT2D eigenvalue weighted by atomic mass is 10.0. The molecule has 3 N–H and O–H groups in total. The summed E-state index contributed by atoms with van der Waals surface area (Å²) in [7, 11) is 0. The van der Waals surface area contributed by atoms with E-state index in [9.17, 15) is 4.79 Å². The van der Waals surface area contributed by atoms with E-state index < -0.39 is 5.91 Å². The van der Waals surface area contributed by atoms with Crippen LogP contribution in [0.25, 0.3) is 10.9 Å². The van der Waals surface area contributed by atoms with Crippen molar-refractivity contribution in [3.8, 4) is 6.07 Å². The minimum Gasteiger partial charge on any atom is -0.366 e. The van der Waals surface area contributed by atoms with Gasteiger partial charge in [0.2, 0.25) is 0 Å². The van der Waals surface area contributed by atoms with Crippen LogP contribution < -0.4 is 11.1 Å². The van der Waals surface area contributed by atoms with Gasteiger partial charge in [-0.25, -0.2) is 9.97 Å². The second kappa shape index (κ2) is 9.01. The Morgan fingerprint density at radius 1 is 1.00 bits per heavy atom. The van der Waals surface area contributed by atoms with Gasteiger partial charge in [-0.15, -0.1) is 0 Å². The third-order valence-corrected chi connectivity index (χ3v) is 4.93. The maximum atomic E-state index is 11.7. The van der Waals surface area contributed by atoms with E-state index in [0.29, 0.717) is 36.3 Å². The summed E-state index contributed by atoms with van der Waals surface area (Å²) in [5, 5.41) is 13.0. The fraction of sp³-hybridized carbons (Fsp3) is 0.125. The number of nitrogens with two attached hydrogens (primary N) is 1. The molecule has 2 aromatic heterocycles. The van der Waals surface area contributed by atoms with E-state index in [1.807, 2.05) is 30.3 Å². The number of para-hydroxylation sites is 1. The van der Waals surface area contributed by atoms with Crippen molar-refractivity contribution in [2.45, 2.75) is 19.4 Å². The van der Waals surface area contributed by atoms with Crippen LogP contribution in [0.1, 0.15) is 32.7 Å². The van der Waals surface area contributed by atoms with Crippen molar-refractivity contribution in [3.63, 3.8) is 0 Å². The number of benzene rings is 2. The van der Waals surface area contributed by atoms with E-state index >= 15 is 0 Å². The standard InChI is InChI=1S/C24H20N6O/c25-9-7-16-8-10-27-19(12-16)13-17-3-1-4-18(11-17)14-28-24-21-6-2-5-20(23(26)31)22(21)29-15-30-24/h1-6,8,10-12,15H,7,13-14H2,(H2,26,31)(H,28,29,30). The number of nitrogens with zero attached hydrogens (tertiary/aromatic N) is 4. The largest absolute Gasteiger partial charge is 0.366 e. The second-order valence-electron chi connectivity index (χ2n) is 7.13. The number of anilines is 1. The summed E-state index contributed by atoms with van der Waals surface area (Å²) in [4.78, 5) is 24.6. The Morgan fingerprint density at radius 3 is 2.68 bits per heavy atom. The average molecular weight is 408 g/mol. The summed E-state index contributed by atoms with van der Waals surface area (Å²) in [6, 6.07) is 19.5. The number of nitrogens with one attached hydrogen (secondary N) is 1. The van der Waals surface area contributed by atoms with Crippen molar-refractivity contribution < 1.29 is 4.79 Å². The molecule has 0 fully saturated rings. The fourth-order valence-electron chi connectivity index (χ4n) is 3.50. The summed E-state index contributed by atoms with van der Waals surface area (Å²) in [6.45, 7) is 0.558. The third-order valence-electron chi connectivity index (χ3n) is 4.93. The van der Waals surface area contributed by atoms with E-state index in [0.717, 1.165) is 27.8 Å². The van der Waals surface area contributed by atoms with Gasteiger partial charge >= 0.3 is 0 Å². The number of hydrogen-bond donors (Lipinski definition) is 2. The van der Waals surface area contributed by atoms with Gasteiger partial charge in [0.25, 0.3) is 5.91 Å². The van der Waals surface area contributed by atoms with Crippen molar-refractivity contribution in [1.82, 2.24) is 15.0 Å². The van der Waals surface area contributed by atoms with Gasteiger partial charge in [0.05, 0.1) is 23.6 Å². The molecule has 7 nitrogen and oxygen atoms in total. The molecule has 4 aromatic rings. The van der Waals surface area contributed by atoms with Gasteiger partial charge in [0, 0.05) is 30.2 Å². The number of fused-ring (bicyclic) bond motifs is 1. The molecule has 152 valence electrons. The van der Waals surface area contributed by atoms with Crippen LogP contribution in [-0.4, -0.2) is 20.9 Å². The van der Waals surface area contributed by atoms with Gasteiger partial charge in [0.15, 0.2) is 0 Å². The molecule has 0 atom stereocenters. The number of hydrogen-bond acceptors (Lipinski definition) is 6. The quantitative estimate of drug-likeness (QED) is 0.484. The van der Waals surface area contributed by atoms with E-state index in [4.69, 9.17) is 11.0 Å². The van der Waals surface area contributed by atoms with Crippen molar-refractivity contribution in [1.29, 1.82) is 5.26 Å². The molecule has 7 heteroatoms. The number of rotatable bonds is 7. The smallest absolute Gasteiger partial charge is 0.250 e. The van der Waals surface area contributed by atoms with Crippen LogP contribution in [0.4, 0.5) is 5.82 Å². The highest BCUT2D eigenvalue weighted by atomic mass is 16.1. The van der Waals surface area contributed by atoms with Gasteiger partial charge in [-0.05, 0) is 41.0 Å². The number of aromatic nitrogens is 3. The maximum absolute atomic E-state index is 11.7. The minimum absolute atomic E-state index is 0.371. The highest BCUT2D eigenvalue weighted by molar-refractivity contribution is 6.06. The molecule has 0 saturated heterocycles. The summed E-state index contributed by atoms with van der Waals surface area (Å²) in [5.41, 5.74) is 10.5. The minimum atomic E-state index is -0.518. The third kappa shape index (κ3) is 4.65. The van der Waals surface area contributed by atoms with Crippen LogP contribution >= 0.6 is 0 Å². The zero-order chi connectivity index (χ0) is 21.6. The molecule has 1 amide bonds. The Hall–Kier alpha value is -4.31. The van der Waals surface area contributed by atoms with Gasteiger partial charge in [-0.3, -0.25) is 9.78 Å². The Morgan fingerprint density at radius 2 is 1.84 bits per heavy atom. The van der Waals surface area contributed by atoms with Gasteiger partial charge < -0.3 is 11.1 Å². The number of carbonyl (C=O) groups is 1. The van der Waals surface area contributed by atoms with Crippen LogP contribution in [0.15, 0.2) is 67.1 Å². The van der Waals surface area contributed by atoms with E-state index in [1.54, 1.807) is 18.3 Å². The predicted molar refractivity (Wildman–Crippen MR) is 118 cm³/mol. The Kier molecular flexibility index (Phi) is 5.81. The molecule has 0 bridgehead atoms. The molecule has 0 radical (unpaired) electrons. The second-order valence-corrected chi connectivity index (χ2v) is 7.13. The zero-order valence-corrected chi connectivity index (χ0v) is 16.7. The average Bonchev–Trinajstić information content (AvgIpc) is 2.78. The molecule has 0 aliphatic carbocycles. The molecular weight excluding hydrogens is 388 g/mol. The molecule has 2 heterocycles. The van der Waals surface area contributed by atoms with Gasteiger partial charge in [-0.2, -0.15) is 5.26 Å².